The van der Waals surface area contributed by atoms with Crippen molar-refractivity contribution in [2.24, 2.45) is 0 Å². The molecule has 4 rings (SSSR count). The van der Waals surface area contributed by atoms with Gasteiger partial charge in [0.2, 0.25) is 0 Å². The number of benzene rings is 3. The summed E-state index contributed by atoms with van der Waals surface area (Å²) in [6, 6.07) is 19.0. The maximum Gasteiger partial charge on any atom is 0.300 e. The zero-order valence-corrected chi connectivity index (χ0v) is 21.2. The molecule has 5 nitrogen and oxygen atoms in total. The Morgan fingerprint density at radius 1 is 1.00 bits per heavy atom. The van der Waals surface area contributed by atoms with E-state index in [2.05, 4.69) is 20.8 Å². The number of aryl methyl sites for hydroxylation is 1. The molecule has 1 aliphatic heterocycles. The molecule has 1 amide bonds. The van der Waals surface area contributed by atoms with Gasteiger partial charge in [-0.2, -0.15) is 0 Å². The van der Waals surface area contributed by atoms with Crippen LogP contribution in [0.15, 0.2) is 72.3 Å². The van der Waals surface area contributed by atoms with Gasteiger partial charge in [0.25, 0.3) is 11.7 Å². The first-order chi connectivity index (χ1) is 16.5. The summed E-state index contributed by atoms with van der Waals surface area (Å²) in [5.41, 5.74) is 3.39. The van der Waals surface area contributed by atoms with E-state index in [0.29, 0.717) is 27.6 Å². The first-order valence-corrected chi connectivity index (χ1v) is 11.7. The van der Waals surface area contributed by atoms with Gasteiger partial charge in [0.15, 0.2) is 0 Å². The van der Waals surface area contributed by atoms with Crippen molar-refractivity contribution < 1.29 is 19.4 Å². The lowest BCUT2D eigenvalue weighted by atomic mass is 9.85. The van der Waals surface area contributed by atoms with Crippen molar-refractivity contribution in [1.82, 2.24) is 0 Å². The summed E-state index contributed by atoms with van der Waals surface area (Å²) in [5.74, 6) is -1.38. The van der Waals surface area contributed by atoms with Crippen LogP contribution >= 0.6 is 11.6 Å². The summed E-state index contributed by atoms with van der Waals surface area (Å²) in [6.07, 6.45) is 0. The number of aliphatic hydroxyl groups is 1. The third-order valence-corrected chi connectivity index (χ3v) is 6.56. The Kier molecular flexibility index (Phi) is 6.48. The van der Waals surface area contributed by atoms with E-state index in [1.54, 1.807) is 42.5 Å². The Morgan fingerprint density at radius 3 is 2.29 bits per heavy atom. The van der Waals surface area contributed by atoms with E-state index in [0.717, 1.165) is 11.1 Å². The van der Waals surface area contributed by atoms with Crippen molar-refractivity contribution in [1.29, 1.82) is 0 Å². The van der Waals surface area contributed by atoms with Crippen LogP contribution in [0.2, 0.25) is 5.02 Å². The average molecular weight is 490 g/mol. The summed E-state index contributed by atoms with van der Waals surface area (Å²) in [4.78, 5) is 28.3. The number of anilines is 1. The van der Waals surface area contributed by atoms with E-state index in [1.807, 2.05) is 31.2 Å². The number of para-hydroxylation sites is 1. The van der Waals surface area contributed by atoms with E-state index >= 15 is 0 Å². The molecular formula is C29H28ClNO4. The zero-order valence-electron chi connectivity index (χ0n) is 20.4. The molecule has 3 aromatic rings. The van der Waals surface area contributed by atoms with Gasteiger partial charge in [0, 0.05) is 10.7 Å². The van der Waals surface area contributed by atoms with Crippen LogP contribution < -0.4 is 9.64 Å². The second-order valence-corrected chi connectivity index (χ2v) is 10.1. The van der Waals surface area contributed by atoms with Crippen molar-refractivity contribution in [3.05, 3.63) is 99.6 Å². The SMILES string of the molecule is COc1ccccc1/C(O)=C1\C(=O)C(=O)N(c2cc(Cl)ccc2C)C1c1ccc(C(C)(C)C)cc1. The molecule has 1 aliphatic rings. The fourth-order valence-corrected chi connectivity index (χ4v) is 4.56. The number of carbonyl (C=O) groups is 2. The summed E-state index contributed by atoms with van der Waals surface area (Å²) >= 11 is 6.28. The van der Waals surface area contributed by atoms with E-state index in [1.165, 1.54) is 12.0 Å². The minimum absolute atomic E-state index is 0.00221. The highest BCUT2D eigenvalue weighted by molar-refractivity contribution is 6.52. The average Bonchev–Trinajstić information content (AvgIpc) is 3.10. The number of amides is 1. The minimum atomic E-state index is -0.842. The number of carbonyl (C=O) groups excluding carboxylic acids is 2. The van der Waals surface area contributed by atoms with Gasteiger partial charge >= 0.3 is 0 Å². The smallest absolute Gasteiger partial charge is 0.300 e. The van der Waals surface area contributed by atoms with Crippen LogP contribution in [0.3, 0.4) is 0 Å². The molecule has 6 heteroatoms. The molecule has 0 bridgehead atoms. The van der Waals surface area contributed by atoms with E-state index in [4.69, 9.17) is 16.3 Å². The molecule has 1 saturated heterocycles. The fourth-order valence-electron chi connectivity index (χ4n) is 4.39. The third-order valence-electron chi connectivity index (χ3n) is 6.33. The van der Waals surface area contributed by atoms with Gasteiger partial charge in [-0.25, -0.2) is 0 Å². The number of halogens is 1. The van der Waals surface area contributed by atoms with Gasteiger partial charge in [-0.15, -0.1) is 0 Å². The normalized spacial score (nSPS) is 17.7. The largest absolute Gasteiger partial charge is 0.507 e. The number of Topliss-reactive ketones (excluding diaryl/α,β-unsaturated/α-hetero) is 1. The van der Waals surface area contributed by atoms with Crippen LogP contribution in [0.1, 0.15) is 49.1 Å². The number of hydrogen-bond acceptors (Lipinski definition) is 4. The number of nitrogens with zero attached hydrogens (tertiary/aromatic N) is 1. The second-order valence-electron chi connectivity index (χ2n) is 9.67. The van der Waals surface area contributed by atoms with Crippen LogP contribution in [-0.2, 0) is 15.0 Å². The van der Waals surface area contributed by atoms with Gasteiger partial charge in [0.05, 0.1) is 24.3 Å². The lowest BCUT2D eigenvalue weighted by Crippen LogP contribution is -2.30. The minimum Gasteiger partial charge on any atom is -0.507 e. The summed E-state index contributed by atoms with van der Waals surface area (Å²) in [6.45, 7) is 8.20. The van der Waals surface area contributed by atoms with Gasteiger partial charge in [-0.1, -0.05) is 74.8 Å². The number of aliphatic hydroxyl groups excluding tert-OH is 1. The highest BCUT2D eigenvalue weighted by Gasteiger charge is 2.47. The molecule has 1 unspecified atom stereocenters. The van der Waals surface area contributed by atoms with Gasteiger partial charge in [-0.3, -0.25) is 14.5 Å². The van der Waals surface area contributed by atoms with Crippen LogP contribution in [0.4, 0.5) is 5.69 Å². The molecule has 0 aromatic heterocycles. The lowest BCUT2D eigenvalue weighted by Gasteiger charge is -2.28. The Balaban J connectivity index is 1.99. The zero-order chi connectivity index (χ0) is 25.5. The van der Waals surface area contributed by atoms with Crippen molar-refractivity contribution in [3.8, 4) is 5.75 Å². The van der Waals surface area contributed by atoms with Crippen molar-refractivity contribution in [2.75, 3.05) is 12.0 Å². The lowest BCUT2D eigenvalue weighted by molar-refractivity contribution is -0.132. The van der Waals surface area contributed by atoms with Gasteiger partial charge in [-0.05, 0) is 53.3 Å². The first-order valence-electron chi connectivity index (χ1n) is 11.4. The molecule has 180 valence electrons. The third kappa shape index (κ3) is 4.44. The molecule has 1 atom stereocenters. The highest BCUT2D eigenvalue weighted by atomic mass is 35.5. The standard InChI is InChI=1S/C29H28ClNO4/c1-17-10-15-20(30)16-22(17)31-25(18-11-13-19(14-12-18)29(2,3)4)24(27(33)28(31)34)26(32)21-8-6-7-9-23(21)35-5/h6-16,25,32H,1-5H3/b26-24+. The maximum absolute atomic E-state index is 13.4. The maximum atomic E-state index is 13.4. The molecule has 0 radical (unpaired) electrons. The molecule has 35 heavy (non-hydrogen) atoms. The molecule has 3 aromatic carbocycles. The Bertz CT molecular complexity index is 1340. The number of methoxy groups -OCH3 is 1. The van der Waals surface area contributed by atoms with Crippen molar-refractivity contribution in [3.63, 3.8) is 0 Å². The number of hydrogen-bond donors (Lipinski definition) is 1. The summed E-state index contributed by atoms with van der Waals surface area (Å²) in [7, 11) is 1.49. The predicted octanol–water partition coefficient (Wildman–Crippen LogP) is 6.58. The molecular weight excluding hydrogens is 462 g/mol. The van der Waals surface area contributed by atoms with Crippen molar-refractivity contribution >= 4 is 34.7 Å². The van der Waals surface area contributed by atoms with Gasteiger partial charge < -0.3 is 9.84 Å². The molecule has 0 aliphatic carbocycles. The number of ketones is 1. The number of ether oxygens (including phenoxy) is 1. The Morgan fingerprint density at radius 2 is 1.66 bits per heavy atom. The first kappa shape index (κ1) is 24.6. The molecule has 1 heterocycles. The molecule has 1 fully saturated rings. The Labute approximate surface area is 210 Å². The predicted molar refractivity (Wildman–Crippen MR) is 139 cm³/mol. The van der Waals surface area contributed by atoms with E-state index in [9.17, 15) is 14.7 Å². The Hall–Kier alpha value is -3.57. The molecule has 1 N–H and O–H groups in total. The summed E-state index contributed by atoms with van der Waals surface area (Å²) in [5, 5.41) is 11.8. The van der Waals surface area contributed by atoms with Crippen molar-refractivity contribution in [2.45, 2.75) is 39.2 Å². The van der Waals surface area contributed by atoms with Gasteiger partial charge in [0.1, 0.15) is 11.5 Å². The van der Waals surface area contributed by atoms with Crippen LogP contribution in [-0.4, -0.2) is 23.9 Å². The van der Waals surface area contributed by atoms with E-state index < -0.39 is 17.7 Å². The highest BCUT2D eigenvalue weighted by Crippen LogP contribution is 2.44. The quantitative estimate of drug-likeness (QED) is 0.255. The van der Waals surface area contributed by atoms with Crippen LogP contribution in [0.25, 0.3) is 5.76 Å². The monoisotopic (exact) mass is 489 g/mol. The second kappa shape index (κ2) is 9.23. The fraction of sp³-hybridized carbons (Fsp3) is 0.241. The number of rotatable bonds is 4. The van der Waals surface area contributed by atoms with Crippen LogP contribution in [0.5, 0.6) is 5.75 Å². The van der Waals surface area contributed by atoms with E-state index in [-0.39, 0.29) is 16.7 Å². The summed E-state index contributed by atoms with van der Waals surface area (Å²) < 4.78 is 5.41. The van der Waals surface area contributed by atoms with Crippen LogP contribution in [0, 0.1) is 6.92 Å². The molecule has 0 saturated carbocycles. The molecule has 0 spiro atoms. The topological polar surface area (TPSA) is 66.8 Å².